The number of hydrogen-bond acceptors (Lipinski definition) is 7. The fraction of sp³-hybridized carbons (Fsp3) is 0.273. The van der Waals surface area contributed by atoms with Gasteiger partial charge in [-0.25, -0.2) is 9.97 Å². The number of thiophene rings is 1. The van der Waals surface area contributed by atoms with Crippen LogP contribution in [0.25, 0.3) is 0 Å². The van der Waals surface area contributed by atoms with Crippen LogP contribution in [0.5, 0.6) is 0 Å². The molecule has 0 radical (unpaired) electrons. The van der Waals surface area contributed by atoms with Crippen molar-refractivity contribution in [3.63, 3.8) is 0 Å². The van der Waals surface area contributed by atoms with Crippen LogP contribution >= 0.6 is 11.3 Å². The SMILES string of the molecule is CNc1ncnc(NC(C)c2cccs2)c1[N+](=O)[O-]. The van der Waals surface area contributed by atoms with E-state index in [1.165, 1.54) is 6.33 Å². The summed E-state index contributed by atoms with van der Waals surface area (Å²) in [6.45, 7) is 1.93. The van der Waals surface area contributed by atoms with Gasteiger partial charge in [0.05, 0.1) is 11.0 Å². The van der Waals surface area contributed by atoms with Gasteiger partial charge in [-0.15, -0.1) is 11.3 Å². The van der Waals surface area contributed by atoms with E-state index in [-0.39, 0.29) is 23.4 Å². The van der Waals surface area contributed by atoms with Crippen LogP contribution in [-0.2, 0) is 0 Å². The van der Waals surface area contributed by atoms with Gasteiger partial charge in [0.15, 0.2) is 0 Å². The summed E-state index contributed by atoms with van der Waals surface area (Å²) >= 11 is 1.58. The second-order valence-electron chi connectivity index (χ2n) is 3.81. The van der Waals surface area contributed by atoms with E-state index < -0.39 is 4.92 Å². The van der Waals surface area contributed by atoms with Crippen molar-refractivity contribution >= 4 is 28.7 Å². The van der Waals surface area contributed by atoms with Crippen LogP contribution in [0.15, 0.2) is 23.8 Å². The highest BCUT2D eigenvalue weighted by molar-refractivity contribution is 7.10. The second kappa shape index (κ2) is 5.61. The molecule has 0 spiro atoms. The monoisotopic (exact) mass is 279 g/mol. The van der Waals surface area contributed by atoms with Crippen LogP contribution in [0.3, 0.4) is 0 Å². The predicted octanol–water partition coefficient (Wildman–Crippen LogP) is 2.66. The molecular weight excluding hydrogens is 266 g/mol. The molecule has 0 bridgehead atoms. The predicted molar refractivity (Wildman–Crippen MR) is 74.6 cm³/mol. The molecule has 2 aromatic rings. The summed E-state index contributed by atoms with van der Waals surface area (Å²) < 4.78 is 0. The van der Waals surface area contributed by atoms with Crippen LogP contribution < -0.4 is 10.6 Å². The molecule has 2 aromatic heterocycles. The van der Waals surface area contributed by atoms with Gasteiger partial charge in [-0.3, -0.25) is 10.1 Å². The van der Waals surface area contributed by atoms with Crippen LogP contribution in [0.2, 0.25) is 0 Å². The molecule has 2 heterocycles. The number of nitrogens with zero attached hydrogens (tertiary/aromatic N) is 3. The van der Waals surface area contributed by atoms with Crippen LogP contribution in [0.4, 0.5) is 17.3 Å². The molecule has 100 valence electrons. The Labute approximate surface area is 113 Å². The molecule has 0 amide bonds. The summed E-state index contributed by atoms with van der Waals surface area (Å²) in [5.74, 6) is 0.408. The maximum absolute atomic E-state index is 11.1. The summed E-state index contributed by atoms with van der Waals surface area (Å²) in [6.07, 6.45) is 1.29. The van der Waals surface area contributed by atoms with Crippen LogP contribution in [-0.4, -0.2) is 21.9 Å². The van der Waals surface area contributed by atoms with E-state index in [9.17, 15) is 10.1 Å². The molecule has 19 heavy (non-hydrogen) atoms. The molecule has 0 saturated carbocycles. The Morgan fingerprint density at radius 2 is 2.16 bits per heavy atom. The molecule has 1 unspecified atom stereocenters. The van der Waals surface area contributed by atoms with Crippen molar-refractivity contribution in [2.75, 3.05) is 17.7 Å². The summed E-state index contributed by atoms with van der Waals surface area (Å²) in [7, 11) is 1.59. The van der Waals surface area contributed by atoms with Gasteiger partial charge in [0.1, 0.15) is 6.33 Å². The van der Waals surface area contributed by atoms with Crippen molar-refractivity contribution in [1.29, 1.82) is 0 Å². The highest BCUT2D eigenvalue weighted by Gasteiger charge is 2.23. The van der Waals surface area contributed by atoms with E-state index in [0.29, 0.717) is 0 Å². The lowest BCUT2D eigenvalue weighted by molar-refractivity contribution is -0.383. The van der Waals surface area contributed by atoms with E-state index in [1.807, 2.05) is 24.4 Å². The molecule has 0 fully saturated rings. The first-order valence-corrected chi connectivity index (χ1v) is 6.48. The van der Waals surface area contributed by atoms with Gasteiger partial charge in [-0.1, -0.05) is 6.07 Å². The third-order valence-electron chi connectivity index (χ3n) is 2.56. The summed E-state index contributed by atoms with van der Waals surface area (Å²) in [5.41, 5.74) is -0.145. The summed E-state index contributed by atoms with van der Waals surface area (Å²) in [6, 6.07) is 3.85. The molecule has 2 N–H and O–H groups in total. The van der Waals surface area contributed by atoms with E-state index >= 15 is 0 Å². The Bertz CT molecular complexity index is 572. The van der Waals surface area contributed by atoms with E-state index in [2.05, 4.69) is 20.6 Å². The number of aromatic nitrogens is 2. The van der Waals surface area contributed by atoms with Crippen molar-refractivity contribution in [1.82, 2.24) is 9.97 Å². The normalized spacial score (nSPS) is 11.9. The van der Waals surface area contributed by atoms with Crippen LogP contribution in [0.1, 0.15) is 17.8 Å². The molecule has 8 heteroatoms. The standard InChI is InChI=1S/C11H13N5O2S/c1-7(8-4-3-5-19-8)15-11-9(16(17)18)10(12-2)13-6-14-11/h3-7H,1-2H3,(H2,12,13,14,15). The van der Waals surface area contributed by atoms with Gasteiger partial charge in [-0.05, 0) is 18.4 Å². The Morgan fingerprint density at radius 3 is 2.74 bits per heavy atom. The third kappa shape index (κ3) is 2.79. The lowest BCUT2D eigenvalue weighted by Gasteiger charge is -2.13. The molecule has 1 atom stereocenters. The van der Waals surface area contributed by atoms with Gasteiger partial charge < -0.3 is 10.6 Å². The van der Waals surface area contributed by atoms with E-state index in [1.54, 1.807) is 18.4 Å². The molecule has 0 aliphatic rings. The summed E-state index contributed by atoms with van der Waals surface area (Å²) in [5, 5.41) is 18.8. The minimum Gasteiger partial charge on any atom is -0.367 e. The van der Waals surface area contributed by atoms with Gasteiger partial charge in [0.25, 0.3) is 0 Å². The lowest BCUT2D eigenvalue weighted by Crippen LogP contribution is -2.10. The number of hydrogen-bond donors (Lipinski definition) is 2. The van der Waals surface area contributed by atoms with Gasteiger partial charge >= 0.3 is 5.69 Å². The highest BCUT2D eigenvalue weighted by Crippen LogP contribution is 2.31. The van der Waals surface area contributed by atoms with Crippen molar-refractivity contribution in [3.05, 3.63) is 38.8 Å². The maximum atomic E-state index is 11.1. The lowest BCUT2D eigenvalue weighted by atomic mass is 10.2. The Kier molecular flexibility index (Phi) is 3.91. The summed E-state index contributed by atoms with van der Waals surface area (Å²) in [4.78, 5) is 19.5. The number of nitro groups is 1. The van der Waals surface area contributed by atoms with Crippen molar-refractivity contribution in [3.8, 4) is 0 Å². The van der Waals surface area contributed by atoms with Crippen molar-refractivity contribution in [2.45, 2.75) is 13.0 Å². The Balaban J connectivity index is 2.32. The quantitative estimate of drug-likeness (QED) is 0.645. The molecule has 2 rings (SSSR count). The third-order valence-corrected chi connectivity index (χ3v) is 3.62. The second-order valence-corrected chi connectivity index (χ2v) is 4.79. The zero-order chi connectivity index (χ0) is 13.8. The molecule has 0 aliphatic heterocycles. The zero-order valence-electron chi connectivity index (χ0n) is 10.5. The first-order valence-electron chi connectivity index (χ1n) is 5.60. The van der Waals surface area contributed by atoms with Crippen molar-refractivity contribution < 1.29 is 4.92 Å². The first kappa shape index (κ1) is 13.2. The highest BCUT2D eigenvalue weighted by atomic mass is 32.1. The fourth-order valence-corrected chi connectivity index (χ4v) is 2.39. The Hall–Kier alpha value is -2.22. The smallest absolute Gasteiger partial charge is 0.353 e. The topological polar surface area (TPSA) is 93.0 Å². The van der Waals surface area contributed by atoms with Crippen LogP contribution in [0, 0.1) is 10.1 Å². The van der Waals surface area contributed by atoms with E-state index in [4.69, 9.17) is 0 Å². The molecular formula is C11H13N5O2S. The number of anilines is 2. The molecule has 0 saturated heterocycles. The average Bonchev–Trinajstić information content (AvgIpc) is 2.92. The van der Waals surface area contributed by atoms with E-state index in [0.717, 1.165) is 4.88 Å². The van der Waals surface area contributed by atoms with Gasteiger partial charge in [-0.2, -0.15) is 0 Å². The van der Waals surface area contributed by atoms with Crippen molar-refractivity contribution in [2.24, 2.45) is 0 Å². The Morgan fingerprint density at radius 1 is 1.42 bits per heavy atom. The number of nitrogens with one attached hydrogen (secondary N) is 2. The largest absolute Gasteiger partial charge is 0.367 e. The zero-order valence-corrected chi connectivity index (χ0v) is 11.3. The van der Waals surface area contributed by atoms with Gasteiger partial charge in [0, 0.05) is 11.9 Å². The minimum absolute atomic E-state index is 0.0571. The number of rotatable bonds is 5. The van der Waals surface area contributed by atoms with Gasteiger partial charge in [0.2, 0.25) is 11.6 Å². The molecule has 0 aliphatic carbocycles. The minimum atomic E-state index is -0.491. The average molecular weight is 279 g/mol. The first-order chi connectivity index (χ1) is 9.13. The fourth-order valence-electron chi connectivity index (χ4n) is 1.65. The molecule has 7 nitrogen and oxygen atoms in total. The molecule has 0 aromatic carbocycles. The maximum Gasteiger partial charge on any atom is 0.353 e.